The number of nitro benzene ring substituents is 1. The quantitative estimate of drug-likeness (QED) is 0.00797. The summed E-state index contributed by atoms with van der Waals surface area (Å²) >= 11 is 0. The minimum atomic E-state index is -1.46. The number of hydrogen-bond donors (Lipinski definition) is 14. The number of carboxylic acid groups (broad SMARTS) is 2. The van der Waals surface area contributed by atoms with E-state index < -0.39 is 106 Å². The van der Waals surface area contributed by atoms with Crippen molar-refractivity contribution in [1.82, 2.24) is 71.8 Å². The molecule has 602 valence electrons. The minimum absolute atomic E-state index is 0.00429. The first-order valence-corrected chi connectivity index (χ1v) is 36.4. The van der Waals surface area contributed by atoms with Crippen molar-refractivity contribution in [3.63, 3.8) is 0 Å². The summed E-state index contributed by atoms with van der Waals surface area (Å²) in [5.41, 5.74) is 17.3. The number of aromatic nitrogens is 8. The number of nitrogens with two attached hydrogens (primary N) is 2. The average Bonchev–Trinajstić information content (AvgIpc) is 1.59. The van der Waals surface area contributed by atoms with Crippen LogP contribution >= 0.6 is 0 Å². The summed E-state index contributed by atoms with van der Waals surface area (Å²) < 4.78 is 15.3. The van der Waals surface area contributed by atoms with Gasteiger partial charge in [-0.2, -0.15) is 9.97 Å². The van der Waals surface area contributed by atoms with Crippen molar-refractivity contribution in [1.29, 1.82) is 0 Å². The van der Waals surface area contributed by atoms with Gasteiger partial charge < -0.3 is 78.4 Å². The van der Waals surface area contributed by atoms with Gasteiger partial charge in [-0.1, -0.05) is 86.8 Å². The Labute approximate surface area is 654 Å². The number of ether oxygens (including phenoxy) is 3. The zero-order valence-corrected chi connectivity index (χ0v) is 62.6. The molecule has 6 amide bonds. The Hall–Kier alpha value is -14.4. The third-order valence-electron chi connectivity index (χ3n) is 18.2. The fourth-order valence-electron chi connectivity index (χ4n) is 12.2. The lowest BCUT2D eigenvalue weighted by Crippen LogP contribution is -2.48. The number of carbonyl (C=O) groups is 10. The number of nitrogens with one attached hydrogen (secondary N) is 10. The standard InChI is InChI=1S/C50H51N11O12.C27H34N8O7/c1-72-48(68)39(56-41(62)22-21-38(47(66)67)57-44(63)29-15-17-30(18-16-29)53-25-31-26-54-43-42(55-31)46(65)60-49(51)59-43)12-6-7-23-52-45(64)40(24-28-13-19-32(20-14-28)61(70)71)58-50(69)73-27-37-35-10-4-2-8-33(35)34-9-3-5-11-36(34)37;1-3-4-5-6-19(26(41)42-2)32-20(36)12-11-18(25(39)40)33-23(37)15-7-9-16(10-8-15)29-13-17-14-30-22-21(31-17)24(38)35-27(28)34-22/h2-5,8-11,13-20,26,37-40,53H,6-7,12,21-25,27H2,1H3,(H,52,64)(H,56,62)(H,57,63)(H,58,69)(H,66,67)(H3,51,54,59,60,65);7-10,14,18-19,29H,3-6,11-13H2,1-2H3,(H,32,36)(H,33,37)(H,39,40)(H3,28,30,34,35,38)/t38?,39-,40?;18?,19-/m00/s1. The molecule has 4 heterocycles. The number of methoxy groups -OCH3 is 2. The number of benzene rings is 5. The predicted molar refractivity (Wildman–Crippen MR) is 416 cm³/mol. The van der Waals surface area contributed by atoms with Gasteiger partial charge in [0.25, 0.3) is 28.6 Å². The van der Waals surface area contributed by atoms with E-state index >= 15 is 0 Å². The number of H-pyrrole nitrogens is 2. The summed E-state index contributed by atoms with van der Waals surface area (Å²) in [6, 6.07) is 27.7. The van der Waals surface area contributed by atoms with Crippen LogP contribution in [0.4, 0.5) is 33.8 Å². The van der Waals surface area contributed by atoms with Crippen molar-refractivity contribution in [3.05, 3.63) is 204 Å². The number of unbranched alkanes of at least 4 members (excludes halogenated alkanes) is 3. The Morgan fingerprint density at radius 3 is 1.43 bits per heavy atom. The molecule has 0 fully saturated rings. The molecule has 10 rings (SSSR count). The van der Waals surface area contributed by atoms with Crippen LogP contribution in [0.5, 0.6) is 0 Å². The highest BCUT2D eigenvalue weighted by molar-refractivity contribution is 5.98. The number of nitro groups is 1. The molecule has 0 aliphatic heterocycles. The second kappa shape index (κ2) is 41.1. The number of amides is 6. The van der Waals surface area contributed by atoms with E-state index in [2.05, 4.69) is 82.4 Å². The van der Waals surface area contributed by atoms with E-state index in [1.165, 1.54) is 68.0 Å². The zero-order valence-electron chi connectivity index (χ0n) is 62.6. The molecule has 9 aromatic rings. The molecule has 38 heteroatoms. The highest BCUT2D eigenvalue weighted by Crippen LogP contribution is 2.44. The van der Waals surface area contributed by atoms with Crippen molar-refractivity contribution in [2.75, 3.05) is 49.5 Å². The summed E-state index contributed by atoms with van der Waals surface area (Å²) in [6.07, 6.45) is 4.66. The normalized spacial score (nSPS) is 12.6. The number of rotatable bonds is 38. The van der Waals surface area contributed by atoms with Crippen LogP contribution in [0.3, 0.4) is 0 Å². The molecule has 0 radical (unpaired) electrons. The number of anilines is 4. The van der Waals surface area contributed by atoms with E-state index in [0.29, 0.717) is 47.6 Å². The summed E-state index contributed by atoms with van der Waals surface area (Å²) in [5, 5.41) is 52.3. The fraction of sp³-hybridized carbons (Fsp3) is 0.325. The molecule has 0 saturated heterocycles. The first kappa shape index (κ1) is 84.7. The average molecular weight is 1580 g/mol. The molecule has 5 aromatic carbocycles. The lowest BCUT2D eigenvalue weighted by atomic mass is 9.98. The largest absolute Gasteiger partial charge is 0.480 e. The van der Waals surface area contributed by atoms with E-state index in [1.54, 1.807) is 24.3 Å². The van der Waals surface area contributed by atoms with E-state index in [1.807, 2.05) is 55.5 Å². The Morgan fingerprint density at radius 1 is 0.548 bits per heavy atom. The van der Waals surface area contributed by atoms with E-state index in [0.717, 1.165) is 48.6 Å². The van der Waals surface area contributed by atoms with Gasteiger partial charge in [0.15, 0.2) is 22.3 Å². The Bertz CT molecular complexity index is 5100. The van der Waals surface area contributed by atoms with Gasteiger partial charge >= 0.3 is 30.0 Å². The molecule has 0 spiro atoms. The molecule has 1 aliphatic rings. The number of alkyl carbamates (subject to hydrolysis) is 1. The third-order valence-corrected chi connectivity index (χ3v) is 18.2. The van der Waals surface area contributed by atoms with E-state index in [9.17, 15) is 77.9 Å². The van der Waals surface area contributed by atoms with Crippen LogP contribution in [0.25, 0.3) is 33.5 Å². The number of nitrogens with zero attached hydrogens (tertiary/aromatic N) is 7. The van der Waals surface area contributed by atoms with Crippen LogP contribution in [0, 0.1) is 10.1 Å². The highest BCUT2D eigenvalue weighted by Gasteiger charge is 2.32. The molecular formula is C77H85N19O19. The second-order valence-corrected chi connectivity index (χ2v) is 26.4. The maximum Gasteiger partial charge on any atom is 0.407 e. The van der Waals surface area contributed by atoms with Gasteiger partial charge in [0.05, 0.1) is 56.0 Å². The summed E-state index contributed by atoms with van der Waals surface area (Å²) in [6.45, 7) is 2.50. The SMILES string of the molecule is CCCCC[C@H](NC(=O)CCC(NC(=O)c1ccc(NCc2cnc3nc(N)[nH]c(=O)c3n2)cc1)C(=O)O)C(=O)OC.COC(=O)[C@H](CCCCNC(=O)C(Cc1ccc([N+](=O)[O-])cc1)NC(=O)OCC1c2ccccc2-c2ccccc21)NC(=O)CCC(NC(=O)c1ccc(NCc2cnc3nc(N)[nH]c(=O)c3n2)cc1)C(=O)O. The van der Waals surface area contributed by atoms with Crippen molar-refractivity contribution < 1.29 is 77.3 Å². The minimum Gasteiger partial charge on any atom is -0.480 e. The molecule has 0 saturated carbocycles. The van der Waals surface area contributed by atoms with Crippen LogP contribution in [0.1, 0.15) is 132 Å². The highest BCUT2D eigenvalue weighted by atomic mass is 16.6. The van der Waals surface area contributed by atoms with E-state index in [4.69, 9.17) is 25.7 Å². The maximum atomic E-state index is 13.6. The van der Waals surface area contributed by atoms with Crippen molar-refractivity contribution in [2.45, 2.75) is 133 Å². The van der Waals surface area contributed by atoms with Crippen LogP contribution in [0.2, 0.25) is 0 Å². The lowest BCUT2D eigenvalue weighted by molar-refractivity contribution is -0.384. The molecular weight excluding hydrogens is 1490 g/mol. The number of nitrogen functional groups attached to an aromatic ring is 2. The lowest BCUT2D eigenvalue weighted by Gasteiger charge is -2.20. The van der Waals surface area contributed by atoms with Gasteiger partial charge in [0.1, 0.15) is 36.8 Å². The summed E-state index contributed by atoms with van der Waals surface area (Å²) in [4.78, 5) is 191. The van der Waals surface area contributed by atoms with E-state index in [-0.39, 0.29) is 122 Å². The number of esters is 2. The molecule has 4 aromatic heterocycles. The van der Waals surface area contributed by atoms with Crippen LogP contribution in [-0.4, -0.2) is 172 Å². The number of carbonyl (C=O) groups excluding carboxylic acids is 8. The summed E-state index contributed by atoms with van der Waals surface area (Å²) in [5.74, 6) is -7.46. The van der Waals surface area contributed by atoms with Crippen LogP contribution in [0.15, 0.2) is 143 Å². The van der Waals surface area contributed by atoms with Crippen molar-refractivity contribution >= 4 is 111 Å². The fourth-order valence-corrected chi connectivity index (χ4v) is 12.2. The van der Waals surface area contributed by atoms with Crippen molar-refractivity contribution in [3.8, 4) is 11.1 Å². The van der Waals surface area contributed by atoms with Gasteiger partial charge in [-0.3, -0.25) is 53.6 Å². The van der Waals surface area contributed by atoms with Crippen LogP contribution in [-0.2, 0) is 67.3 Å². The number of aromatic amines is 2. The Morgan fingerprint density at radius 2 is 1.00 bits per heavy atom. The number of hydrogen-bond acceptors (Lipinski definition) is 27. The Balaban J connectivity index is 0.000000305. The summed E-state index contributed by atoms with van der Waals surface area (Å²) in [7, 11) is 2.38. The third kappa shape index (κ3) is 24.3. The number of carboxylic acids is 2. The first-order chi connectivity index (χ1) is 55.3. The Kier molecular flexibility index (Phi) is 30.2. The zero-order chi connectivity index (χ0) is 82.7. The van der Waals surface area contributed by atoms with Gasteiger partial charge in [-0.05, 0) is 115 Å². The van der Waals surface area contributed by atoms with Gasteiger partial charge in [-0.25, -0.2) is 43.9 Å². The predicted octanol–water partition coefficient (Wildman–Crippen LogP) is 4.98. The second-order valence-electron chi connectivity index (χ2n) is 26.4. The molecule has 3 unspecified atom stereocenters. The van der Waals surface area contributed by atoms with Gasteiger partial charge in [0.2, 0.25) is 29.6 Å². The number of non-ortho nitro benzene ring substituents is 1. The number of fused-ring (bicyclic) bond motifs is 5. The van der Waals surface area contributed by atoms with Gasteiger partial charge in [0, 0.05) is 66.4 Å². The smallest absolute Gasteiger partial charge is 0.407 e. The molecule has 1 aliphatic carbocycles. The van der Waals surface area contributed by atoms with Crippen LogP contribution < -0.4 is 65.1 Å². The number of aliphatic carboxylic acids is 2. The van der Waals surface area contributed by atoms with Crippen molar-refractivity contribution in [2.24, 2.45) is 0 Å². The molecule has 0 bridgehead atoms. The van der Waals surface area contributed by atoms with Gasteiger partial charge in [-0.15, -0.1) is 0 Å². The molecule has 16 N–H and O–H groups in total. The topological polar surface area (TPSA) is 573 Å². The molecule has 115 heavy (non-hydrogen) atoms. The first-order valence-electron chi connectivity index (χ1n) is 36.4. The molecule has 5 atom stereocenters. The maximum absolute atomic E-state index is 13.6. The monoisotopic (exact) mass is 1580 g/mol. The molecule has 38 nitrogen and oxygen atoms in total.